The summed E-state index contributed by atoms with van der Waals surface area (Å²) < 4.78 is 24.3. The Kier molecular flexibility index (Phi) is 4.32. The summed E-state index contributed by atoms with van der Waals surface area (Å²) in [6.45, 7) is 1.66. The lowest BCUT2D eigenvalue weighted by Gasteiger charge is -2.20. The van der Waals surface area contributed by atoms with E-state index in [4.69, 9.17) is 0 Å². The molecule has 1 aromatic rings. The second kappa shape index (κ2) is 5.80. The number of sulfonamides is 1. The Labute approximate surface area is 115 Å². The van der Waals surface area contributed by atoms with Crippen LogP contribution in [-0.2, 0) is 10.0 Å². The molecule has 19 heavy (non-hydrogen) atoms. The van der Waals surface area contributed by atoms with E-state index < -0.39 is 10.0 Å². The summed E-state index contributed by atoms with van der Waals surface area (Å²) in [5, 5.41) is 10.4. The van der Waals surface area contributed by atoms with Crippen LogP contribution >= 0.6 is 11.3 Å². The lowest BCUT2D eigenvalue weighted by Crippen LogP contribution is -2.39. The Hall–Kier alpha value is -1.26. The van der Waals surface area contributed by atoms with Gasteiger partial charge in [-0.2, -0.15) is 0 Å². The Balaban J connectivity index is 1.94. The first kappa shape index (κ1) is 14.2. The maximum atomic E-state index is 12.0. The molecule has 1 aliphatic rings. The van der Waals surface area contributed by atoms with Crippen molar-refractivity contribution in [3.63, 3.8) is 0 Å². The zero-order valence-corrected chi connectivity index (χ0v) is 12.1. The minimum Gasteiger partial charge on any atom is -0.323 e. The van der Waals surface area contributed by atoms with Crippen molar-refractivity contribution >= 4 is 32.5 Å². The number of amides is 2. The average molecular weight is 305 g/mol. The van der Waals surface area contributed by atoms with Crippen LogP contribution in [0.2, 0.25) is 0 Å². The molecule has 106 valence electrons. The normalized spacial score (nSPS) is 18.1. The Morgan fingerprint density at radius 1 is 1.37 bits per heavy atom. The molecule has 1 saturated heterocycles. The number of nitrogens with zero attached hydrogens (tertiary/aromatic N) is 4. The number of urea groups is 1. The van der Waals surface area contributed by atoms with Gasteiger partial charge in [0.2, 0.25) is 15.2 Å². The first-order chi connectivity index (χ1) is 8.97. The van der Waals surface area contributed by atoms with Crippen LogP contribution in [0, 0.1) is 0 Å². The van der Waals surface area contributed by atoms with Gasteiger partial charge in [-0.15, -0.1) is 10.2 Å². The molecule has 10 heteroatoms. The van der Waals surface area contributed by atoms with E-state index in [9.17, 15) is 13.2 Å². The summed E-state index contributed by atoms with van der Waals surface area (Å²) >= 11 is 1.24. The summed E-state index contributed by atoms with van der Waals surface area (Å²) in [7, 11) is -3.19. The van der Waals surface area contributed by atoms with E-state index in [0.717, 1.165) is 0 Å². The minimum absolute atomic E-state index is 0.271. The number of nitrogens with one attached hydrogen (secondary N) is 1. The number of rotatable bonds is 2. The van der Waals surface area contributed by atoms with Crippen molar-refractivity contribution in [2.45, 2.75) is 6.42 Å². The number of aromatic nitrogens is 2. The third-order valence-corrected chi connectivity index (χ3v) is 4.69. The van der Waals surface area contributed by atoms with Crippen molar-refractivity contribution in [3.05, 3.63) is 5.51 Å². The van der Waals surface area contributed by atoms with Crippen LogP contribution < -0.4 is 5.32 Å². The summed E-state index contributed by atoms with van der Waals surface area (Å²) in [6.07, 6.45) is 1.81. The Morgan fingerprint density at radius 3 is 2.79 bits per heavy atom. The number of hydrogen-bond acceptors (Lipinski definition) is 6. The standard InChI is InChI=1S/C9H15N5O3S2/c1-19(16,17)14-4-2-3-13(5-6-14)9(15)11-8-12-10-7-18-8/h7H,2-6H2,1H3,(H,11,12,15). The molecule has 0 saturated carbocycles. The lowest BCUT2D eigenvalue weighted by atomic mass is 10.4. The fourth-order valence-corrected chi connectivity index (χ4v) is 3.14. The van der Waals surface area contributed by atoms with Crippen LogP contribution in [0.15, 0.2) is 5.51 Å². The van der Waals surface area contributed by atoms with Crippen LogP contribution in [0.3, 0.4) is 0 Å². The Bertz CT molecular complexity index is 530. The van der Waals surface area contributed by atoms with E-state index in [2.05, 4.69) is 15.5 Å². The highest BCUT2D eigenvalue weighted by atomic mass is 32.2. The number of carbonyl (C=O) groups excluding carboxylic acids is 1. The Morgan fingerprint density at radius 2 is 2.16 bits per heavy atom. The van der Waals surface area contributed by atoms with Gasteiger partial charge >= 0.3 is 6.03 Å². The summed E-state index contributed by atoms with van der Waals surface area (Å²) in [6, 6.07) is -0.271. The van der Waals surface area contributed by atoms with Gasteiger partial charge < -0.3 is 4.90 Å². The fraction of sp³-hybridized carbons (Fsp3) is 0.667. The molecule has 8 nitrogen and oxygen atoms in total. The second-order valence-corrected chi connectivity index (χ2v) is 6.99. The van der Waals surface area contributed by atoms with Crippen molar-refractivity contribution in [3.8, 4) is 0 Å². The maximum Gasteiger partial charge on any atom is 0.323 e. The van der Waals surface area contributed by atoms with Crippen molar-refractivity contribution in [2.24, 2.45) is 0 Å². The maximum absolute atomic E-state index is 12.0. The molecule has 1 aliphatic heterocycles. The first-order valence-corrected chi connectivity index (χ1v) is 8.47. The van der Waals surface area contributed by atoms with Gasteiger partial charge in [0, 0.05) is 26.2 Å². The molecule has 0 aromatic carbocycles. The quantitative estimate of drug-likeness (QED) is 0.832. The predicted octanol–water partition coefficient (Wildman–Crippen LogP) is 0.0373. The molecule has 2 heterocycles. The van der Waals surface area contributed by atoms with Gasteiger partial charge in [-0.05, 0) is 6.42 Å². The molecule has 2 amide bonds. The van der Waals surface area contributed by atoms with Gasteiger partial charge in [0.25, 0.3) is 0 Å². The molecular formula is C9H15N5O3S2. The predicted molar refractivity (Wildman–Crippen MR) is 71.5 cm³/mol. The highest BCUT2D eigenvalue weighted by molar-refractivity contribution is 7.88. The third kappa shape index (κ3) is 3.85. The van der Waals surface area contributed by atoms with Gasteiger partial charge in [-0.25, -0.2) is 17.5 Å². The van der Waals surface area contributed by atoms with E-state index in [0.29, 0.717) is 37.7 Å². The fourth-order valence-electron chi connectivity index (χ4n) is 1.83. The molecule has 0 unspecified atom stereocenters. The molecule has 0 aliphatic carbocycles. The summed E-state index contributed by atoms with van der Waals surface area (Å²) in [5.41, 5.74) is 1.53. The van der Waals surface area contributed by atoms with Gasteiger partial charge in [-0.3, -0.25) is 5.32 Å². The number of anilines is 1. The van der Waals surface area contributed by atoms with Crippen LogP contribution in [0.25, 0.3) is 0 Å². The van der Waals surface area contributed by atoms with Gasteiger partial charge in [0.05, 0.1) is 6.26 Å². The van der Waals surface area contributed by atoms with E-state index in [1.54, 1.807) is 4.90 Å². The number of carbonyl (C=O) groups is 1. The van der Waals surface area contributed by atoms with Crippen LogP contribution in [0.5, 0.6) is 0 Å². The SMILES string of the molecule is CS(=O)(=O)N1CCCN(C(=O)Nc2nncs2)CC1. The van der Waals surface area contributed by atoms with E-state index in [1.165, 1.54) is 27.4 Å². The summed E-state index contributed by atoms with van der Waals surface area (Å²) in [4.78, 5) is 13.6. The highest BCUT2D eigenvalue weighted by Gasteiger charge is 2.24. The molecular weight excluding hydrogens is 290 g/mol. The molecule has 1 N–H and O–H groups in total. The van der Waals surface area contributed by atoms with Crippen LogP contribution in [-0.4, -0.2) is 66.3 Å². The zero-order chi connectivity index (χ0) is 13.9. The molecule has 2 rings (SSSR count). The second-order valence-electron chi connectivity index (χ2n) is 4.18. The van der Waals surface area contributed by atoms with Gasteiger partial charge in [-0.1, -0.05) is 11.3 Å². The highest BCUT2D eigenvalue weighted by Crippen LogP contribution is 2.11. The average Bonchev–Trinajstić information content (AvgIpc) is 2.69. The largest absolute Gasteiger partial charge is 0.323 e. The van der Waals surface area contributed by atoms with Gasteiger partial charge in [0.15, 0.2) is 0 Å². The monoisotopic (exact) mass is 305 g/mol. The molecule has 0 radical (unpaired) electrons. The first-order valence-electron chi connectivity index (χ1n) is 5.74. The molecule has 0 spiro atoms. The van der Waals surface area contributed by atoms with Gasteiger partial charge in [0.1, 0.15) is 5.51 Å². The van der Waals surface area contributed by atoms with Crippen molar-refractivity contribution in [1.82, 2.24) is 19.4 Å². The van der Waals surface area contributed by atoms with Crippen molar-refractivity contribution in [2.75, 3.05) is 37.8 Å². The van der Waals surface area contributed by atoms with Crippen molar-refractivity contribution in [1.29, 1.82) is 0 Å². The minimum atomic E-state index is -3.19. The van der Waals surface area contributed by atoms with Crippen molar-refractivity contribution < 1.29 is 13.2 Å². The molecule has 1 fully saturated rings. The molecule has 1 aromatic heterocycles. The number of hydrogen-bond donors (Lipinski definition) is 1. The van der Waals surface area contributed by atoms with E-state index in [1.807, 2.05) is 0 Å². The van der Waals surface area contributed by atoms with E-state index >= 15 is 0 Å². The zero-order valence-electron chi connectivity index (χ0n) is 10.4. The third-order valence-electron chi connectivity index (χ3n) is 2.78. The van der Waals surface area contributed by atoms with E-state index in [-0.39, 0.29) is 6.03 Å². The van der Waals surface area contributed by atoms with Crippen LogP contribution in [0.1, 0.15) is 6.42 Å². The summed E-state index contributed by atoms with van der Waals surface area (Å²) in [5.74, 6) is 0. The molecule has 0 atom stereocenters. The smallest absolute Gasteiger partial charge is 0.323 e. The lowest BCUT2D eigenvalue weighted by molar-refractivity contribution is 0.214. The van der Waals surface area contributed by atoms with Crippen LogP contribution in [0.4, 0.5) is 9.93 Å². The topological polar surface area (TPSA) is 95.5 Å². The molecule has 0 bridgehead atoms.